The Kier molecular flexibility index (Phi) is 7.14. The van der Waals surface area contributed by atoms with Crippen molar-refractivity contribution >= 4 is 0 Å². The number of nitrogens with zero attached hydrogens (tertiary/aromatic N) is 4. The minimum Gasteiger partial charge on any atom is -0.232 e. The van der Waals surface area contributed by atoms with Crippen LogP contribution in [0.15, 0.2) is 182 Å². The van der Waals surface area contributed by atoms with Crippen LogP contribution in [0.25, 0.3) is 67.3 Å². The molecule has 0 radical (unpaired) electrons. The first-order valence-electron chi connectivity index (χ1n) is 15.4. The van der Waals surface area contributed by atoms with Gasteiger partial charge in [0.05, 0.1) is 35.2 Å². The molecular weight excluding hydrogens is 560 g/mol. The third kappa shape index (κ3) is 4.92. The monoisotopic (exact) mass is 590 g/mol. The summed E-state index contributed by atoms with van der Waals surface area (Å²) >= 11 is 0. The number of benzene rings is 6. The Morgan fingerprint density at radius 2 is 0.565 bits per heavy atom. The summed E-state index contributed by atoms with van der Waals surface area (Å²) in [5.74, 6) is 0. The van der Waals surface area contributed by atoms with Crippen LogP contribution in [0, 0.1) is 0 Å². The SMILES string of the molecule is c1ccc(-c2c(-c3ccccc3-c3ccccc3-c3cnn(-c4ccccc4)c3-c3ccccc3)cnn2-c2ccccc2)cc1. The molecule has 0 bridgehead atoms. The maximum absolute atomic E-state index is 4.95. The van der Waals surface area contributed by atoms with Crippen molar-refractivity contribution in [1.82, 2.24) is 19.6 Å². The van der Waals surface area contributed by atoms with Crippen molar-refractivity contribution in [2.24, 2.45) is 0 Å². The van der Waals surface area contributed by atoms with Crippen molar-refractivity contribution in [2.75, 3.05) is 0 Å². The van der Waals surface area contributed by atoms with E-state index in [1.807, 2.05) is 33.9 Å². The average molecular weight is 591 g/mol. The molecule has 8 rings (SSSR count). The Bertz CT molecular complexity index is 2070. The molecule has 4 nitrogen and oxygen atoms in total. The van der Waals surface area contributed by atoms with E-state index in [0.717, 1.165) is 67.3 Å². The van der Waals surface area contributed by atoms with Gasteiger partial charge in [-0.2, -0.15) is 10.2 Å². The van der Waals surface area contributed by atoms with E-state index in [-0.39, 0.29) is 0 Å². The Labute approximate surface area is 268 Å². The first-order valence-corrected chi connectivity index (χ1v) is 15.4. The second kappa shape index (κ2) is 12.0. The highest BCUT2D eigenvalue weighted by Gasteiger charge is 2.22. The van der Waals surface area contributed by atoms with Crippen molar-refractivity contribution in [3.63, 3.8) is 0 Å². The van der Waals surface area contributed by atoms with Crippen molar-refractivity contribution in [2.45, 2.75) is 0 Å². The summed E-state index contributed by atoms with van der Waals surface area (Å²) in [5.41, 5.74) is 13.0. The highest BCUT2D eigenvalue weighted by molar-refractivity contribution is 5.97. The molecule has 2 aromatic heterocycles. The summed E-state index contributed by atoms with van der Waals surface area (Å²) in [5, 5.41) is 9.90. The van der Waals surface area contributed by atoms with Crippen LogP contribution in [-0.4, -0.2) is 19.6 Å². The van der Waals surface area contributed by atoms with Gasteiger partial charge in [-0.3, -0.25) is 0 Å². The molecule has 0 fully saturated rings. The molecule has 0 aliphatic carbocycles. The maximum atomic E-state index is 4.95. The number of para-hydroxylation sites is 2. The number of rotatable bonds is 7. The van der Waals surface area contributed by atoms with Gasteiger partial charge in [0.1, 0.15) is 0 Å². The summed E-state index contributed by atoms with van der Waals surface area (Å²) in [7, 11) is 0. The van der Waals surface area contributed by atoms with Gasteiger partial charge in [0.25, 0.3) is 0 Å². The number of aromatic nitrogens is 4. The predicted molar refractivity (Wildman–Crippen MR) is 188 cm³/mol. The fourth-order valence-corrected chi connectivity index (χ4v) is 6.27. The van der Waals surface area contributed by atoms with Gasteiger partial charge in [0.2, 0.25) is 0 Å². The van der Waals surface area contributed by atoms with E-state index in [9.17, 15) is 0 Å². The first kappa shape index (κ1) is 27.3. The molecule has 0 saturated heterocycles. The molecule has 0 N–H and O–H groups in total. The van der Waals surface area contributed by atoms with Gasteiger partial charge in [-0.25, -0.2) is 9.36 Å². The molecule has 0 amide bonds. The van der Waals surface area contributed by atoms with Gasteiger partial charge >= 0.3 is 0 Å². The minimum absolute atomic E-state index is 1.02. The highest BCUT2D eigenvalue weighted by atomic mass is 15.3. The van der Waals surface area contributed by atoms with Crippen LogP contribution in [0.3, 0.4) is 0 Å². The molecule has 0 spiro atoms. The van der Waals surface area contributed by atoms with Gasteiger partial charge in [-0.15, -0.1) is 0 Å². The van der Waals surface area contributed by atoms with E-state index in [1.165, 1.54) is 0 Å². The molecule has 218 valence electrons. The summed E-state index contributed by atoms with van der Waals surface area (Å²) < 4.78 is 4.09. The second-order valence-electron chi connectivity index (χ2n) is 11.1. The predicted octanol–water partition coefficient (Wildman–Crippen LogP) is 10.4. The Balaban J connectivity index is 1.35. The van der Waals surface area contributed by atoms with Crippen molar-refractivity contribution in [3.8, 4) is 67.3 Å². The number of hydrogen-bond donors (Lipinski definition) is 0. The summed E-state index contributed by atoms with van der Waals surface area (Å²) in [6.45, 7) is 0. The van der Waals surface area contributed by atoms with Crippen LogP contribution in [0.1, 0.15) is 0 Å². The van der Waals surface area contributed by atoms with Crippen molar-refractivity contribution < 1.29 is 0 Å². The van der Waals surface area contributed by atoms with Crippen molar-refractivity contribution in [3.05, 3.63) is 182 Å². The van der Waals surface area contributed by atoms with E-state index in [4.69, 9.17) is 10.2 Å². The quantitative estimate of drug-likeness (QED) is 0.185. The molecule has 4 heteroatoms. The van der Waals surface area contributed by atoms with Gasteiger partial charge in [-0.1, -0.05) is 146 Å². The third-order valence-corrected chi connectivity index (χ3v) is 8.36. The average Bonchev–Trinajstić information content (AvgIpc) is 3.79. The van der Waals surface area contributed by atoms with Gasteiger partial charge < -0.3 is 0 Å². The second-order valence-corrected chi connectivity index (χ2v) is 11.1. The Morgan fingerprint density at radius 3 is 0.913 bits per heavy atom. The number of hydrogen-bond acceptors (Lipinski definition) is 2. The fraction of sp³-hybridized carbons (Fsp3) is 0. The van der Waals surface area contributed by atoms with E-state index >= 15 is 0 Å². The molecule has 0 saturated carbocycles. The van der Waals surface area contributed by atoms with Crippen LogP contribution in [-0.2, 0) is 0 Å². The highest BCUT2D eigenvalue weighted by Crippen LogP contribution is 2.44. The lowest BCUT2D eigenvalue weighted by molar-refractivity contribution is 0.888. The molecule has 6 aromatic carbocycles. The lowest BCUT2D eigenvalue weighted by atomic mass is 9.88. The smallest absolute Gasteiger partial charge is 0.0819 e. The van der Waals surface area contributed by atoms with Gasteiger partial charge in [-0.05, 0) is 46.5 Å². The van der Waals surface area contributed by atoms with E-state index in [0.29, 0.717) is 0 Å². The molecular formula is C42H30N4. The topological polar surface area (TPSA) is 35.6 Å². The lowest BCUT2D eigenvalue weighted by Gasteiger charge is -2.17. The van der Waals surface area contributed by atoms with Gasteiger partial charge in [0, 0.05) is 22.3 Å². The molecule has 0 aliphatic heterocycles. The Morgan fingerprint density at radius 1 is 0.283 bits per heavy atom. The minimum atomic E-state index is 1.02. The summed E-state index contributed by atoms with van der Waals surface area (Å²) in [6, 6.07) is 59.0. The fourth-order valence-electron chi connectivity index (χ4n) is 6.27. The molecule has 2 heterocycles. The zero-order chi connectivity index (χ0) is 30.7. The molecule has 0 atom stereocenters. The molecule has 46 heavy (non-hydrogen) atoms. The maximum Gasteiger partial charge on any atom is 0.0819 e. The standard InChI is InChI=1S/C42H30N4/c1-5-17-31(18-6-1)41-39(29-43-45(41)33-21-9-3-10-22-33)37-27-15-13-25-35(37)36-26-14-16-28-38(36)40-30-44-46(34-23-11-4-12-24-34)42(40)32-19-7-2-8-20-32/h1-30H. The lowest BCUT2D eigenvalue weighted by Crippen LogP contribution is -2.00. The Hall–Kier alpha value is -6.26. The molecule has 8 aromatic rings. The van der Waals surface area contributed by atoms with Crippen LogP contribution in [0.4, 0.5) is 0 Å². The summed E-state index contributed by atoms with van der Waals surface area (Å²) in [4.78, 5) is 0. The van der Waals surface area contributed by atoms with E-state index in [2.05, 4.69) is 158 Å². The molecule has 0 aliphatic rings. The van der Waals surface area contributed by atoms with Crippen LogP contribution >= 0.6 is 0 Å². The zero-order valence-corrected chi connectivity index (χ0v) is 25.1. The van der Waals surface area contributed by atoms with Crippen LogP contribution in [0.5, 0.6) is 0 Å². The third-order valence-electron chi connectivity index (χ3n) is 8.36. The van der Waals surface area contributed by atoms with Crippen LogP contribution < -0.4 is 0 Å². The largest absolute Gasteiger partial charge is 0.232 e. The normalized spacial score (nSPS) is 11.0. The van der Waals surface area contributed by atoms with Crippen LogP contribution in [0.2, 0.25) is 0 Å². The summed E-state index contributed by atoms with van der Waals surface area (Å²) in [6.07, 6.45) is 4.00. The first-order chi connectivity index (χ1) is 22.9. The van der Waals surface area contributed by atoms with E-state index in [1.54, 1.807) is 0 Å². The zero-order valence-electron chi connectivity index (χ0n) is 25.1. The van der Waals surface area contributed by atoms with Crippen molar-refractivity contribution in [1.29, 1.82) is 0 Å². The molecule has 0 unspecified atom stereocenters. The van der Waals surface area contributed by atoms with Gasteiger partial charge in [0.15, 0.2) is 0 Å². The van der Waals surface area contributed by atoms with E-state index < -0.39 is 0 Å².